The topological polar surface area (TPSA) is 127 Å². The Labute approximate surface area is 375 Å². The zero-order chi connectivity index (χ0) is 45.4. The molecule has 0 aliphatic carbocycles. The summed E-state index contributed by atoms with van der Waals surface area (Å²) < 4.78 is 34.5. The van der Waals surface area contributed by atoms with Crippen LogP contribution in [0.3, 0.4) is 0 Å². The van der Waals surface area contributed by atoms with Crippen LogP contribution in [0.4, 0.5) is 0 Å². The summed E-state index contributed by atoms with van der Waals surface area (Å²) in [5.74, 6) is 2.72. The molecule has 10 nitrogen and oxygen atoms in total. The largest absolute Gasteiger partial charge is 0.508 e. The third kappa shape index (κ3) is 12.9. The minimum Gasteiger partial charge on any atom is -0.508 e. The Balaban J connectivity index is 0.000000260. The van der Waals surface area contributed by atoms with E-state index in [1.165, 1.54) is 5.56 Å². The fourth-order valence-corrected chi connectivity index (χ4v) is 6.95. The molecule has 2 unspecified atom stereocenters. The van der Waals surface area contributed by atoms with Crippen molar-refractivity contribution in [2.45, 2.75) is 65.1 Å². The first-order valence-electron chi connectivity index (χ1n) is 21.4. The highest BCUT2D eigenvalue weighted by atomic mass is 16.6. The third-order valence-electron chi connectivity index (χ3n) is 10.3. The SMILES string of the molecule is CCOC(=O)C(C)(Cc1ccc(O)cc1)Oc1ccccc1.CCOC(=O)C(C)(Cc1ccc(OCCc2nc(-c3ccc(-c4ccccc4)cc3)oc2C)cc1)Oc1ccccc1. The average Bonchev–Trinajstić information content (AvgIpc) is 3.68. The minimum absolute atomic E-state index is 0.186. The molecule has 0 saturated carbocycles. The summed E-state index contributed by atoms with van der Waals surface area (Å²) in [6, 6.07) is 51.4. The van der Waals surface area contributed by atoms with E-state index in [1.807, 2.05) is 110 Å². The minimum atomic E-state index is -1.16. The fourth-order valence-electron chi connectivity index (χ4n) is 6.95. The zero-order valence-electron chi connectivity index (χ0n) is 37.0. The number of carbonyl (C=O) groups is 2. The van der Waals surface area contributed by atoms with E-state index in [1.54, 1.807) is 64.1 Å². The summed E-state index contributed by atoms with van der Waals surface area (Å²) in [7, 11) is 0. The summed E-state index contributed by atoms with van der Waals surface area (Å²) in [6.45, 7) is 9.99. The van der Waals surface area contributed by atoms with Crippen LogP contribution in [0.2, 0.25) is 0 Å². The molecule has 7 rings (SSSR count). The number of aryl methyl sites for hydroxylation is 1. The van der Waals surface area contributed by atoms with Crippen LogP contribution in [-0.4, -0.2) is 53.1 Å². The highest BCUT2D eigenvalue weighted by Crippen LogP contribution is 2.29. The smallest absolute Gasteiger partial charge is 0.350 e. The molecule has 0 aliphatic rings. The number of rotatable bonds is 18. The molecule has 1 heterocycles. The summed E-state index contributed by atoms with van der Waals surface area (Å²) in [5, 5.41) is 9.36. The van der Waals surface area contributed by atoms with Gasteiger partial charge in [-0.05, 0) is 118 Å². The lowest BCUT2D eigenvalue weighted by molar-refractivity contribution is -0.160. The Morgan fingerprint density at radius 3 is 1.48 bits per heavy atom. The summed E-state index contributed by atoms with van der Waals surface area (Å²) >= 11 is 0. The molecule has 64 heavy (non-hydrogen) atoms. The first kappa shape index (κ1) is 46.2. The lowest BCUT2D eigenvalue weighted by Crippen LogP contribution is -2.45. The number of phenolic OH excluding ortho intramolecular Hbond substituents is 1. The van der Waals surface area contributed by atoms with Crippen molar-refractivity contribution in [3.63, 3.8) is 0 Å². The number of esters is 2. The van der Waals surface area contributed by atoms with Crippen molar-refractivity contribution < 1.29 is 42.8 Å². The Kier molecular flexibility index (Phi) is 16.0. The lowest BCUT2D eigenvalue weighted by Gasteiger charge is -2.28. The Morgan fingerprint density at radius 1 is 0.562 bits per heavy atom. The number of hydrogen-bond donors (Lipinski definition) is 1. The number of aromatic nitrogens is 1. The Morgan fingerprint density at radius 2 is 1.00 bits per heavy atom. The van der Waals surface area contributed by atoms with Gasteiger partial charge >= 0.3 is 11.9 Å². The van der Waals surface area contributed by atoms with Gasteiger partial charge in [0.15, 0.2) is 0 Å². The molecule has 0 bridgehead atoms. The van der Waals surface area contributed by atoms with Crippen LogP contribution in [0.1, 0.15) is 50.3 Å². The van der Waals surface area contributed by atoms with Crippen molar-refractivity contribution in [3.8, 4) is 45.6 Å². The van der Waals surface area contributed by atoms with Crippen LogP contribution >= 0.6 is 0 Å². The normalized spacial score (nSPS) is 12.6. The number of hydrogen-bond acceptors (Lipinski definition) is 10. The van der Waals surface area contributed by atoms with Gasteiger partial charge < -0.3 is 33.2 Å². The van der Waals surface area contributed by atoms with E-state index in [-0.39, 0.29) is 12.4 Å². The molecule has 1 N–H and O–H groups in total. The summed E-state index contributed by atoms with van der Waals surface area (Å²) in [6.07, 6.45) is 1.32. The van der Waals surface area contributed by atoms with E-state index < -0.39 is 23.1 Å². The van der Waals surface area contributed by atoms with Gasteiger partial charge in [0, 0.05) is 24.8 Å². The van der Waals surface area contributed by atoms with Gasteiger partial charge in [0.1, 0.15) is 28.8 Å². The first-order chi connectivity index (χ1) is 31.0. The second kappa shape index (κ2) is 22.2. The van der Waals surface area contributed by atoms with Crippen molar-refractivity contribution in [2.24, 2.45) is 0 Å². The highest BCUT2D eigenvalue weighted by Gasteiger charge is 2.39. The Hall–Kier alpha value is -7.33. The molecular formula is C54H55NO9. The molecule has 0 fully saturated rings. The van der Waals surface area contributed by atoms with Gasteiger partial charge in [-0.2, -0.15) is 0 Å². The molecular weight excluding hydrogens is 807 g/mol. The number of para-hydroxylation sites is 2. The molecule has 10 heteroatoms. The molecule has 6 aromatic carbocycles. The maximum Gasteiger partial charge on any atom is 0.350 e. The summed E-state index contributed by atoms with van der Waals surface area (Å²) in [5.41, 5.74) is 3.65. The fraction of sp³-hybridized carbons (Fsp3) is 0.241. The van der Waals surface area contributed by atoms with E-state index in [0.29, 0.717) is 49.9 Å². The molecule has 0 amide bonds. The van der Waals surface area contributed by atoms with Crippen LogP contribution in [0, 0.1) is 6.92 Å². The van der Waals surface area contributed by atoms with E-state index >= 15 is 0 Å². The van der Waals surface area contributed by atoms with Gasteiger partial charge in [-0.1, -0.05) is 103 Å². The number of nitrogens with zero attached hydrogens (tertiary/aromatic N) is 1. The molecule has 1 aromatic heterocycles. The molecule has 0 aliphatic heterocycles. The van der Waals surface area contributed by atoms with Crippen LogP contribution in [-0.2, 0) is 38.3 Å². The first-order valence-corrected chi connectivity index (χ1v) is 21.4. The molecule has 2 atom stereocenters. The van der Waals surface area contributed by atoms with E-state index in [9.17, 15) is 14.7 Å². The van der Waals surface area contributed by atoms with Gasteiger partial charge in [-0.3, -0.25) is 0 Å². The molecule has 0 radical (unpaired) electrons. The third-order valence-corrected chi connectivity index (χ3v) is 10.3. The molecule has 0 saturated heterocycles. The number of phenols is 1. The monoisotopic (exact) mass is 861 g/mol. The van der Waals surface area contributed by atoms with Crippen molar-refractivity contribution >= 4 is 11.9 Å². The lowest BCUT2D eigenvalue weighted by atomic mass is 9.96. The maximum atomic E-state index is 12.8. The van der Waals surface area contributed by atoms with Crippen LogP contribution in [0.15, 0.2) is 168 Å². The van der Waals surface area contributed by atoms with Crippen molar-refractivity contribution in [1.29, 1.82) is 0 Å². The quantitative estimate of drug-likeness (QED) is 0.0833. The standard InChI is InChI=1S/C36H35NO5.C18H20O4/c1-4-39-35(38)36(3,42-32-13-9-6-10-14-32)25-27-15-21-31(22-16-27)40-24-23-33-26(2)41-34(37-33)30-19-17-29(18-20-30)28-11-7-5-8-12-28;1-3-21-17(20)18(2,22-16-7-5-4-6-8-16)13-14-9-11-15(19)12-10-14/h5-22H,4,23-25H2,1-3H3;4-12,19H,3,13H2,1-2H3. The van der Waals surface area contributed by atoms with Gasteiger partial charge in [0.2, 0.25) is 17.1 Å². The predicted octanol–water partition coefficient (Wildman–Crippen LogP) is 11.2. The molecule has 330 valence electrons. The van der Waals surface area contributed by atoms with Gasteiger partial charge in [-0.25, -0.2) is 14.6 Å². The summed E-state index contributed by atoms with van der Waals surface area (Å²) in [4.78, 5) is 29.9. The van der Waals surface area contributed by atoms with Gasteiger partial charge in [0.05, 0.1) is 25.5 Å². The molecule has 7 aromatic rings. The average molecular weight is 862 g/mol. The van der Waals surface area contributed by atoms with Gasteiger partial charge in [0.25, 0.3) is 0 Å². The number of carbonyl (C=O) groups excluding carboxylic acids is 2. The second-order valence-corrected chi connectivity index (χ2v) is 15.5. The number of ether oxygens (including phenoxy) is 5. The van der Waals surface area contributed by atoms with Crippen LogP contribution in [0.5, 0.6) is 23.0 Å². The van der Waals surface area contributed by atoms with Gasteiger partial charge in [-0.15, -0.1) is 0 Å². The van der Waals surface area contributed by atoms with Crippen LogP contribution < -0.4 is 14.2 Å². The highest BCUT2D eigenvalue weighted by molar-refractivity contribution is 5.80. The van der Waals surface area contributed by atoms with Crippen molar-refractivity contribution in [1.82, 2.24) is 4.98 Å². The second-order valence-electron chi connectivity index (χ2n) is 15.5. The molecule has 0 spiro atoms. The number of benzene rings is 6. The van der Waals surface area contributed by atoms with E-state index in [2.05, 4.69) is 24.3 Å². The van der Waals surface area contributed by atoms with Crippen LogP contribution in [0.25, 0.3) is 22.6 Å². The number of aromatic hydroxyl groups is 1. The van der Waals surface area contributed by atoms with Crippen molar-refractivity contribution in [2.75, 3.05) is 19.8 Å². The zero-order valence-corrected chi connectivity index (χ0v) is 37.0. The van der Waals surface area contributed by atoms with E-state index in [0.717, 1.165) is 39.5 Å². The number of oxazole rings is 1. The van der Waals surface area contributed by atoms with Crippen molar-refractivity contribution in [3.05, 3.63) is 186 Å². The Bertz CT molecular complexity index is 2510. The maximum absolute atomic E-state index is 12.8. The van der Waals surface area contributed by atoms with E-state index in [4.69, 9.17) is 33.1 Å². The predicted molar refractivity (Wildman–Crippen MR) is 247 cm³/mol.